The molecule has 0 bridgehead atoms. The average molecular weight is 739 g/mol. The minimum atomic E-state index is -2.51. The molecule has 2 saturated heterocycles. The van der Waals surface area contributed by atoms with E-state index in [9.17, 15) is 5.11 Å². The molecular formula is C45H74O6Si. The van der Waals surface area contributed by atoms with Crippen molar-refractivity contribution in [2.24, 2.45) is 0 Å². The molecule has 0 aliphatic carbocycles. The first-order valence-corrected chi connectivity index (χ1v) is 23.1. The first kappa shape index (κ1) is 43.1. The van der Waals surface area contributed by atoms with Crippen LogP contribution in [0.3, 0.4) is 0 Å². The summed E-state index contributed by atoms with van der Waals surface area (Å²) in [5, 5.41) is 13.8. The molecule has 0 aromatic heterocycles. The summed E-state index contributed by atoms with van der Waals surface area (Å²) in [6.45, 7) is 10.3. The van der Waals surface area contributed by atoms with Crippen molar-refractivity contribution >= 4 is 18.7 Å². The van der Waals surface area contributed by atoms with E-state index in [4.69, 9.17) is 23.4 Å². The Morgan fingerprint density at radius 1 is 0.673 bits per heavy atom. The molecule has 0 saturated carbocycles. The summed E-state index contributed by atoms with van der Waals surface area (Å²) in [5.74, 6) is 0. The lowest BCUT2D eigenvalue weighted by Crippen LogP contribution is -2.66. The second kappa shape index (κ2) is 23.4. The molecular weight excluding hydrogens is 665 g/mol. The van der Waals surface area contributed by atoms with Crippen LogP contribution >= 0.6 is 0 Å². The zero-order chi connectivity index (χ0) is 37.1. The van der Waals surface area contributed by atoms with Gasteiger partial charge in [0.05, 0.1) is 36.6 Å². The number of unbranched alkanes of at least 4 members (excludes halogenated alkanes) is 11. The Morgan fingerprint density at radius 2 is 1.17 bits per heavy atom. The molecule has 6 atom stereocenters. The van der Waals surface area contributed by atoms with Crippen molar-refractivity contribution in [1.29, 1.82) is 0 Å². The van der Waals surface area contributed by atoms with E-state index in [1.165, 1.54) is 74.6 Å². The molecule has 2 aromatic carbocycles. The quantitative estimate of drug-likeness (QED) is 0.0589. The van der Waals surface area contributed by atoms with E-state index in [1.54, 1.807) is 7.11 Å². The van der Waals surface area contributed by atoms with Crippen LogP contribution in [0.2, 0.25) is 5.04 Å². The van der Waals surface area contributed by atoms with E-state index >= 15 is 0 Å². The summed E-state index contributed by atoms with van der Waals surface area (Å²) < 4.78 is 31.6. The van der Waals surface area contributed by atoms with Crippen LogP contribution in [0.5, 0.6) is 0 Å². The molecule has 2 aromatic rings. The van der Waals surface area contributed by atoms with Gasteiger partial charge in [0.25, 0.3) is 8.32 Å². The third kappa shape index (κ3) is 13.0. The lowest BCUT2D eigenvalue weighted by Gasteiger charge is -2.43. The van der Waals surface area contributed by atoms with Crippen LogP contribution in [0.25, 0.3) is 0 Å². The van der Waals surface area contributed by atoms with Crippen molar-refractivity contribution in [3.63, 3.8) is 0 Å². The van der Waals surface area contributed by atoms with Gasteiger partial charge in [0.1, 0.15) is 6.79 Å². The monoisotopic (exact) mass is 739 g/mol. The molecule has 7 heteroatoms. The fourth-order valence-corrected chi connectivity index (χ4v) is 13.3. The van der Waals surface area contributed by atoms with Crippen LogP contribution in [-0.2, 0) is 23.4 Å². The fourth-order valence-electron chi connectivity index (χ4n) is 8.65. The van der Waals surface area contributed by atoms with E-state index in [-0.39, 0.29) is 35.6 Å². The molecule has 6 nitrogen and oxygen atoms in total. The Labute approximate surface area is 318 Å². The highest BCUT2D eigenvalue weighted by molar-refractivity contribution is 6.99. The number of hydrogen-bond acceptors (Lipinski definition) is 6. The van der Waals surface area contributed by atoms with Crippen LogP contribution in [0.4, 0.5) is 0 Å². The third-order valence-corrected chi connectivity index (χ3v) is 16.6. The molecule has 0 amide bonds. The van der Waals surface area contributed by atoms with Gasteiger partial charge in [-0.2, -0.15) is 0 Å². The summed E-state index contributed by atoms with van der Waals surface area (Å²) in [7, 11) is -0.813. The number of hydrogen-bond donors (Lipinski definition) is 1. The van der Waals surface area contributed by atoms with Crippen molar-refractivity contribution in [1.82, 2.24) is 0 Å². The first-order valence-electron chi connectivity index (χ1n) is 21.1. The maximum atomic E-state index is 11.1. The molecule has 2 fully saturated rings. The number of ether oxygens (including phenoxy) is 4. The van der Waals surface area contributed by atoms with Gasteiger partial charge >= 0.3 is 0 Å². The highest BCUT2D eigenvalue weighted by Gasteiger charge is 2.50. The smallest absolute Gasteiger partial charge is 0.261 e. The zero-order valence-electron chi connectivity index (χ0n) is 33.6. The second-order valence-corrected chi connectivity index (χ2v) is 20.9. The molecule has 52 heavy (non-hydrogen) atoms. The SMILES string of the molecule is CCCCCCCCCCCC[C@H](OCOC)[C@H]1CC[C@H]([C@H]2CC[C@H]([C@H](O)CCCCCO[Si](c3ccccc3)(c3ccccc3)C(C)(C)C)O2)O1. The molecule has 2 aliphatic rings. The number of benzene rings is 2. The lowest BCUT2D eigenvalue weighted by molar-refractivity contribution is -0.146. The third-order valence-electron chi connectivity index (χ3n) is 11.6. The van der Waals surface area contributed by atoms with E-state index in [0.717, 1.165) is 64.4 Å². The van der Waals surface area contributed by atoms with Gasteiger partial charge in [-0.05, 0) is 60.4 Å². The second-order valence-electron chi connectivity index (χ2n) is 16.6. The fraction of sp³-hybridized carbons (Fsp3) is 0.733. The van der Waals surface area contributed by atoms with Gasteiger partial charge in [-0.3, -0.25) is 0 Å². The van der Waals surface area contributed by atoms with Gasteiger partial charge in [-0.25, -0.2) is 0 Å². The van der Waals surface area contributed by atoms with E-state index in [0.29, 0.717) is 6.79 Å². The molecule has 0 spiro atoms. The van der Waals surface area contributed by atoms with E-state index < -0.39 is 14.4 Å². The van der Waals surface area contributed by atoms with Crippen molar-refractivity contribution in [2.45, 2.75) is 191 Å². The molecule has 294 valence electrons. The average Bonchev–Trinajstić information content (AvgIpc) is 3.85. The highest BCUT2D eigenvalue weighted by Crippen LogP contribution is 2.38. The molecule has 4 rings (SSSR count). The predicted molar refractivity (Wildman–Crippen MR) is 217 cm³/mol. The van der Waals surface area contributed by atoms with Crippen LogP contribution in [-0.4, -0.2) is 70.6 Å². The molecule has 1 N–H and O–H groups in total. The number of aliphatic hydroxyl groups excluding tert-OH is 1. The zero-order valence-corrected chi connectivity index (χ0v) is 34.6. The number of methoxy groups -OCH3 is 1. The maximum absolute atomic E-state index is 11.1. The van der Waals surface area contributed by atoms with Crippen molar-refractivity contribution in [2.75, 3.05) is 20.5 Å². The van der Waals surface area contributed by atoms with Gasteiger partial charge in [0.2, 0.25) is 0 Å². The van der Waals surface area contributed by atoms with Crippen LogP contribution in [0.15, 0.2) is 60.7 Å². The van der Waals surface area contributed by atoms with Gasteiger partial charge in [-0.15, -0.1) is 0 Å². The highest BCUT2D eigenvalue weighted by atomic mass is 28.4. The summed E-state index contributed by atoms with van der Waals surface area (Å²) in [4.78, 5) is 0. The van der Waals surface area contributed by atoms with Gasteiger partial charge in [0, 0.05) is 13.7 Å². The minimum absolute atomic E-state index is 0.0180. The normalized spacial score (nSPS) is 22.2. The largest absolute Gasteiger partial charge is 0.407 e. The summed E-state index contributed by atoms with van der Waals surface area (Å²) >= 11 is 0. The van der Waals surface area contributed by atoms with Crippen LogP contribution in [0.1, 0.15) is 150 Å². The van der Waals surface area contributed by atoms with Crippen molar-refractivity contribution < 1.29 is 28.5 Å². The summed E-state index contributed by atoms with van der Waals surface area (Å²) in [6, 6.07) is 21.7. The Kier molecular flexibility index (Phi) is 19.4. The van der Waals surface area contributed by atoms with Crippen molar-refractivity contribution in [3.05, 3.63) is 60.7 Å². The van der Waals surface area contributed by atoms with Crippen LogP contribution < -0.4 is 10.4 Å². The van der Waals surface area contributed by atoms with Crippen molar-refractivity contribution in [3.8, 4) is 0 Å². The summed E-state index contributed by atoms with van der Waals surface area (Å²) in [5.41, 5.74) is 0. The Morgan fingerprint density at radius 3 is 1.73 bits per heavy atom. The van der Waals surface area contributed by atoms with Gasteiger partial charge < -0.3 is 28.5 Å². The molecule has 0 radical (unpaired) electrons. The maximum Gasteiger partial charge on any atom is 0.261 e. The Hall–Kier alpha value is -1.58. The summed E-state index contributed by atoms with van der Waals surface area (Å²) in [6.07, 6.45) is 21.7. The molecule has 2 aliphatic heterocycles. The first-order chi connectivity index (χ1) is 25.3. The van der Waals surface area contributed by atoms with E-state index in [2.05, 4.69) is 88.4 Å². The van der Waals surface area contributed by atoms with Gasteiger partial charge in [-0.1, -0.05) is 165 Å². The Balaban J connectivity index is 1.15. The molecule has 2 heterocycles. The topological polar surface area (TPSA) is 66.4 Å². The standard InChI is InChI=1S/C45H74O6Si/c1-6-7-8-9-10-11-12-13-14-23-30-41(48-36-47-5)42-33-34-44(51-42)43-32-31-40(50-43)39(46)29-22-17-24-35-49-52(45(2,3)4,37-25-18-15-19-26-37)38-27-20-16-21-28-38/h15-16,18-21,25-28,39-44,46H,6-14,17,22-24,29-36H2,1-5H3/t39-,40-,41+,42-,43-,44-/m1/s1. The molecule has 0 unspecified atom stereocenters. The Bertz CT molecular complexity index is 1150. The lowest BCUT2D eigenvalue weighted by atomic mass is 10.0. The number of aliphatic hydroxyl groups is 1. The van der Waals surface area contributed by atoms with Gasteiger partial charge in [0.15, 0.2) is 0 Å². The predicted octanol–water partition coefficient (Wildman–Crippen LogP) is 9.88. The minimum Gasteiger partial charge on any atom is -0.407 e. The number of rotatable bonds is 26. The van der Waals surface area contributed by atoms with Crippen LogP contribution in [0, 0.1) is 0 Å². The van der Waals surface area contributed by atoms with E-state index in [1.807, 2.05) is 0 Å².